The maximum Gasteiger partial charge on any atom is 0.255 e. The van der Waals surface area contributed by atoms with E-state index in [-0.39, 0.29) is 11.7 Å². The zero-order valence-corrected chi connectivity index (χ0v) is 23.5. The largest absolute Gasteiger partial charge is 0.506 e. The van der Waals surface area contributed by atoms with Crippen molar-refractivity contribution in [1.29, 1.82) is 0 Å². The first kappa shape index (κ1) is 27.8. The second-order valence-corrected chi connectivity index (χ2v) is 9.78. The average Bonchev–Trinajstić information content (AvgIpc) is 3.02. The van der Waals surface area contributed by atoms with Crippen LogP contribution in [0.1, 0.15) is 15.9 Å². The van der Waals surface area contributed by atoms with E-state index < -0.39 is 0 Å². The number of rotatable bonds is 9. The molecular formula is C32H34N4O5. The van der Waals surface area contributed by atoms with Gasteiger partial charge in [0, 0.05) is 61.4 Å². The number of methoxy groups -OCH3 is 3. The molecule has 41 heavy (non-hydrogen) atoms. The lowest BCUT2D eigenvalue weighted by Gasteiger charge is -2.36. The summed E-state index contributed by atoms with van der Waals surface area (Å²) in [5.41, 5.74) is 5.03. The first-order valence-corrected chi connectivity index (χ1v) is 13.4. The lowest BCUT2D eigenvalue weighted by Crippen LogP contribution is -2.46. The maximum atomic E-state index is 12.7. The summed E-state index contributed by atoms with van der Waals surface area (Å²) in [5, 5.41) is 12.8. The third-order valence-electron chi connectivity index (χ3n) is 7.26. The van der Waals surface area contributed by atoms with Gasteiger partial charge in [0.15, 0.2) is 0 Å². The van der Waals surface area contributed by atoms with Gasteiger partial charge in [-0.25, -0.2) is 0 Å². The molecule has 0 bridgehead atoms. The van der Waals surface area contributed by atoms with Gasteiger partial charge in [0.1, 0.15) is 23.0 Å². The summed E-state index contributed by atoms with van der Waals surface area (Å²) < 4.78 is 16.7. The molecule has 0 atom stereocenters. The van der Waals surface area contributed by atoms with E-state index in [0.717, 1.165) is 71.5 Å². The molecule has 1 fully saturated rings. The number of anilines is 2. The van der Waals surface area contributed by atoms with Crippen LogP contribution in [0, 0.1) is 0 Å². The molecule has 1 saturated heterocycles. The number of ether oxygens (including phenoxy) is 3. The Morgan fingerprint density at radius 3 is 2.07 bits per heavy atom. The van der Waals surface area contributed by atoms with Crippen molar-refractivity contribution in [2.75, 3.05) is 57.7 Å². The number of piperazine rings is 1. The first-order chi connectivity index (χ1) is 20.0. The third-order valence-corrected chi connectivity index (χ3v) is 7.26. The monoisotopic (exact) mass is 554 g/mol. The van der Waals surface area contributed by atoms with Gasteiger partial charge in [-0.05, 0) is 72.3 Å². The summed E-state index contributed by atoms with van der Waals surface area (Å²) in [6.07, 6.45) is 3.10. The van der Waals surface area contributed by atoms with Gasteiger partial charge in [0.25, 0.3) is 5.91 Å². The van der Waals surface area contributed by atoms with Crippen molar-refractivity contribution < 1.29 is 24.1 Å². The Balaban J connectivity index is 1.20. The molecule has 0 unspecified atom stereocenters. The average molecular weight is 555 g/mol. The van der Waals surface area contributed by atoms with Crippen molar-refractivity contribution in [3.8, 4) is 34.1 Å². The van der Waals surface area contributed by atoms with E-state index in [1.807, 2.05) is 60.7 Å². The van der Waals surface area contributed by atoms with Crippen molar-refractivity contribution in [3.63, 3.8) is 0 Å². The summed E-state index contributed by atoms with van der Waals surface area (Å²) >= 11 is 0. The Morgan fingerprint density at radius 2 is 1.49 bits per heavy atom. The first-order valence-electron chi connectivity index (χ1n) is 13.4. The highest BCUT2D eigenvalue weighted by Crippen LogP contribution is 2.36. The van der Waals surface area contributed by atoms with Crippen molar-refractivity contribution in [3.05, 3.63) is 90.3 Å². The number of nitrogens with zero attached hydrogens (tertiary/aromatic N) is 3. The molecule has 2 heterocycles. The summed E-state index contributed by atoms with van der Waals surface area (Å²) in [4.78, 5) is 21.5. The fourth-order valence-electron chi connectivity index (χ4n) is 4.98. The van der Waals surface area contributed by atoms with Gasteiger partial charge >= 0.3 is 0 Å². The number of nitrogens with one attached hydrogen (secondary N) is 1. The number of pyridine rings is 1. The van der Waals surface area contributed by atoms with E-state index in [4.69, 9.17) is 14.2 Å². The predicted molar refractivity (Wildman–Crippen MR) is 159 cm³/mol. The van der Waals surface area contributed by atoms with Gasteiger partial charge < -0.3 is 29.5 Å². The number of hydrogen-bond acceptors (Lipinski definition) is 8. The number of aromatic nitrogens is 1. The second-order valence-electron chi connectivity index (χ2n) is 9.78. The highest BCUT2D eigenvalue weighted by molar-refractivity contribution is 6.04. The zero-order chi connectivity index (χ0) is 28.8. The molecule has 1 aliphatic heterocycles. The van der Waals surface area contributed by atoms with Crippen LogP contribution in [-0.2, 0) is 6.54 Å². The fourth-order valence-corrected chi connectivity index (χ4v) is 4.98. The summed E-state index contributed by atoms with van der Waals surface area (Å²) in [6.45, 7) is 4.13. The Bertz CT molecular complexity index is 1460. The van der Waals surface area contributed by atoms with Gasteiger partial charge in [-0.15, -0.1) is 0 Å². The minimum atomic E-state index is -0.152. The van der Waals surface area contributed by atoms with Crippen LogP contribution in [0.15, 0.2) is 79.1 Å². The van der Waals surface area contributed by atoms with E-state index >= 15 is 0 Å². The molecule has 1 amide bonds. The molecule has 0 spiro atoms. The summed E-state index contributed by atoms with van der Waals surface area (Å²) in [7, 11) is 4.92. The molecule has 0 aliphatic carbocycles. The highest BCUT2D eigenvalue weighted by Gasteiger charge is 2.22. The maximum absolute atomic E-state index is 12.7. The van der Waals surface area contributed by atoms with Crippen molar-refractivity contribution in [1.82, 2.24) is 9.88 Å². The molecular weight excluding hydrogens is 520 g/mol. The lowest BCUT2D eigenvalue weighted by atomic mass is 10.0. The van der Waals surface area contributed by atoms with E-state index in [1.54, 1.807) is 33.6 Å². The van der Waals surface area contributed by atoms with Crippen LogP contribution < -0.4 is 24.4 Å². The summed E-state index contributed by atoms with van der Waals surface area (Å²) in [6, 6.07) is 20.6. The SMILES string of the molecule is COc1ccc(NC(=O)c2ccc(N3CCN(Cc4c(OC)cc(-c5cncc(O)c5)cc4OC)CC3)cc2)cc1. The second kappa shape index (κ2) is 12.6. The molecule has 9 heteroatoms. The van der Waals surface area contributed by atoms with Crippen LogP contribution >= 0.6 is 0 Å². The number of hydrogen-bond donors (Lipinski definition) is 2. The van der Waals surface area contributed by atoms with Crippen molar-refractivity contribution >= 4 is 17.3 Å². The molecule has 0 saturated carbocycles. The van der Waals surface area contributed by atoms with E-state index in [2.05, 4.69) is 20.1 Å². The Kier molecular flexibility index (Phi) is 8.55. The Morgan fingerprint density at radius 1 is 0.829 bits per heavy atom. The van der Waals surface area contributed by atoms with Gasteiger partial charge in [-0.1, -0.05) is 0 Å². The lowest BCUT2D eigenvalue weighted by molar-refractivity contribution is 0.102. The molecule has 9 nitrogen and oxygen atoms in total. The molecule has 1 aliphatic rings. The quantitative estimate of drug-likeness (QED) is 0.297. The number of amides is 1. The van der Waals surface area contributed by atoms with Crippen LogP contribution in [0.3, 0.4) is 0 Å². The Labute approximate surface area is 239 Å². The van der Waals surface area contributed by atoms with Gasteiger partial charge in [0.05, 0.1) is 33.1 Å². The zero-order valence-electron chi connectivity index (χ0n) is 23.5. The molecule has 5 rings (SSSR count). The van der Waals surface area contributed by atoms with Crippen molar-refractivity contribution in [2.45, 2.75) is 6.54 Å². The molecule has 0 radical (unpaired) electrons. The number of benzene rings is 3. The van der Waals surface area contributed by atoms with E-state index in [0.29, 0.717) is 12.1 Å². The van der Waals surface area contributed by atoms with Gasteiger partial charge in [-0.2, -0.15) is 0 Å². The predicted octanol–water partition coefficient (Wildman–Crippen LogP) is 5.05. The normalized spacial score (nSPS) is 13.5. The Hall–Kier alpha value is -4.76. The minimum absolute atomic E-state index is 0.105. The van der Waals surface area contributed by atoms with Crippen LogP contribution in [0.5, 0.6) is 23.0 Å². The van der Waals surface area contributed by atoms with Gasteiger partial charge in [-0.3, -0.25) is 14.7 Å². The van der Waals surface area contributed by atoms with Crippen LogP contribution in [-0.4, -0.2) is 68.4 Å². The van der Waals surface area contributed by atoms with E-state index in [1.165, 1.54) is 6.20 Å². The van der Waals surface area contributed by atoms with Crippen molar-refractivity contribution in [2.24, 2.45) is 0 Å². The molecule has 2 N–H and O–H groups in total. The van der Waals surface area contributed by atoms with Gasteiger partial charge in [0.2, 0.25) is 0 Å². The third kappa shape index (κ3) is 6.53. The molecule has 4 aromatic rings. The smallest absolute Gasteiger partial charge is 0.255 e. The number of carbonyl (C=O) groups is 1. The topological polar surface area (TPSA) is 96.4 Å². The molecule has 3 aromatic carbocycles. The van der Waals surface area contributed by atoms with Crippen LogP contribution in [0.25, 0.3) is 11.1 Å². The summed E-state index contributed by atoms with van der Waals surface area (Å²) in [5.74, 6) is 2.16. The minimum Gasteiger partial charge on any atom is -0.506 e. The van der Waals surface area contributed by atoms with Crippen LogP contribution in [0.2, 0.25) is 0 Å². The molecule has 212 valence electrons. The highest BCUT2D eigenvalue weighted by atomic mass is 16.5. The standard InChI is InChI=1S/C32H34N4O5/c1-39-28-10-6-25(7-11-28)34-32(38)22-4-8-26(9-5-22)36-14-12-35(13-15-36)21-29-30(40-2)17-23(18-31(29)41-3)24-16-27(37)20-33-19-24/h4-11,16-20,37H,12-15,21H2,1-3H3,(H,34,38). The molecule has 1 aromatic heterocycles. The number of aromatic hydroxyl groups is 1. The van der Waals surface area contributed by atoms with Crippen LogP contribution in [0.4, 0.5) is 11.4 Å². The number of carbonyl (C=O) groups excluding carboxylic acids is 1. The fraction of sp³-hybridized carbons (Fsp3) is 0.250. The van der Waals surface area contributed by atoms with E-state index in [9.17, 15) is 9.90 Å².